The van der Waals surface area contributed by atoms with Crippen molar-refractivity contribution in [2.75, 3.05) is 32.7 Å². The number of nitrogens with zero attached hydrogens (tertiary/aromatic N) is 2. The number of nitrogens with two attached hydrogens (primary N) is 1. The van der Waals surface area contributed by atoms with E-state index in [0.717, 1.165) is 30.6 Å². The van der Waals surface area contributed by atoms with Crippen LogP contribution in [0.5, 0.6) is 0 Å². The van der Waals surface area contributed by atoms with Gasteiger partial charge in [-0.1, -0.05) is 6.07 Å². The lowest BCUT2D eigenvalue weighted by atomic mass is 9.96. The molecule has 0 bridgehead atoms. The molecule has 0 saturated carbocycles. The Hall–Kier alpha value is -1.44. The van der Waals surface area contributed by atoms with Crippen LogP contribution in [0.3, 0.4) is 0 Å². The standard InChI is InChI=1S/C19H29N3O3S/c1-14-3-4-18(11-15(14)2)26(24,25)22-9-6-17(7-10-22)19(23)21-8-5-16(12-20)13-21/h3-4,11,16-17H,5-10,12-13,20H2,1-2H3. The molecule has 2 heterocycles. The monoisotopic (exact) mass is 379 g/mol. The van der Waals surface area contributed by atoms with Crippen LogP contribution in [0.2, 0.25) is 0 Å². The summed E-state index contributed by atoms with van der Waals surface area (Å²) < 4.78 is 27.3. The van der Waals surface area contributed by atoms with E-state index < -0.39 is 10.0 Å². The molecule has 0 spiro atoms. The molecule has 7 heteroatoms. The first kappa shape index (κ1) is 19.3. The average molecular weight is 380 g/mol. The number of benzene rings is 1. The van der Waals surface area contributed by atoms with E-state index in [2.05, 4.69) is 0 Å². The van der Waals surface area contributed by atoms with Crippen LogP contribution in [0.25, 0.3) is 0 Å². The van der Waals surface area contributed by atoms with Crippen molar-refractivity contribution in [3.63, 3.8) is 0 Å². The van der Waals surface area contributed by atoms with E-state index in [9.17, 15) is 13.2 Å². The number of rotatable bonds is 4. The van der Waals surface area contributed by atoms with Gasteiger partial charge in [-0.3, -0.25) is 4.79 Å². The van der Waals surface area contributed by atoms with Gasteiger partial charge >= 0.3 is 0 Å². The van der Waals surface area contributed by atoms with Gasteiger partial charge in [-0.15, -0.1) is 0 Å². The van der Waals surface area contributed by atoms with Gasteiger partial charge in [0.1, 0.15) is 0 Å². The maximum absolute atomic E-state index is 12.9. The maximum atomic E-state index is 12.9. The highest BCUT2D eigenvalue weighted by Crippen LogP contribution is 2.27. The van der Waals surface area contributed by atoms with E-state index in [1.54, 1.807) is 12.1 Å². The molecule has 0 aromatic heterocycles. The van der Waals surface area contributed by atoms with Crippen molar-refractivity contribution in [3.8, 4) is 0 Å². The van der Waals surface area contributed by atoms with Gasteiger partial charge in [-0.2, -0.15) is 4.31 Å². The lowest BCUT2D eigenvalue weighted by Crippen LogP contribution is -2.44. The molecule has 6 nitrogen and oxygen atoms in total. The molecule has 0 radical (unpaired) electrons. The summed E-state index contributed by atoms with van der Waals surface area (Å²) in [6.07, 6.45) is 2.15. The lowest BCUT2D eigenvalue weighted by Gasteiger charge is -2.32. The Kier molecular flexibility index (Phi) is 5.69. The van der Waals surface area contributed by atoms with Crippen molar-refractivity contribution in [2.24, 2.45) is 17.6 Å². The molecule has 26 heavy (non-hydrogen) atoms. The van der Waals surface area contributed by atoms with E-state index in [-0.39, 0.29) is 11.8 Å². The second kappa shape index (κ2) is 7.66. The fraction of sp³-hybridized carbons (Fsp3) is 0.632. The zero-order valence-corrected chi connectivity index (χ0v) is 16.5. The van der Waals surface area contributed by atoms with Gasteiger partial charge in [0.05, 0.1) is 4.90 Å². The molecule has 1 aromatic carbocycles. The highest BCUT2D eigenvalue weighted by molar-refractivity contribution is 7.89. The van der Waals surface area contributed by atoms with Crippen molar-refractivity contribution < 1.29 is 13.2 Å². The Labute approximate surface area is 156 Å². The van der Waals surface area contributed by atoms with Gasteiger partial charge in [0.25, 0.3) is 0 Å². The first-order chi connectivity index (χ1) is 12.3. The van der Waals surface area contributed by atoms with Crippen LogP contribution in [0.15, 0.2) is 23.1 Å². The molecule has 1 aromatic rings. The number of hydrogen-bond acceptors (Lipinski definition) is 4. The average Bonchev–Trinajstić information content (AvgIpc) is 3.12. The number of aryl methyl sites for hydroxylation is 2. The van der Waals surface area contributed by atoms with Crippen LogP contribution < -0.4 is 5.73 Å². The van der Waals surface area contributed by atoms with Crippen LogP contribution in [0.1, 0.15) is 30.4 Å². The summed E-state index contributed by atoms with van der Waals surface area (Å²) in [5.74, 6) is 0.506. The summed E-state index contributed by atoms with van der Waals surface area (Å²) in [7, 11) is -3.49. The summed E-state index contributed by atoms with van der Waals surface area (Å²) in [6.45, 7) is 6.84. The number of likely N-dealkylation sites (tertiary alicyclic amines) is 1. The molecule has 2 saturated heterocycles. The van der Waals surface area contributed by atoms with Crippen LogP contribution in [0.4, 0.5) is 0 Å². The van der Waals surface area contributed by atoms with E-state index in [1.165, 1.54) is 4.31 Å². The van der Waals surface area contributed by atoms with E-state index in [4.69, 9.17) is 5.73 Å². The summed E-state index contributed by atoms with van der Waals surface area (Å²) in [6, 6.07) is 5.25. The van der Waals surface area contributed by atoms with Gasteiger partial charge in [0.15, 0.2) is 0 Å². The third kappa shape index (κ3) is 3.80. The number of piperidine rings is 1. The van der Waals surface area contributed by atoms with Crippen LogP contribution >= 0.6 is 0 Å². The minimum absolute atomic E-state index is 0.0715. The molecule has 2 fully saturated rings. The molecular formula is C19H29N3O3S. The van der Waals surface area contributed by atoms with Gasteiger partial charge < -0.3 is 10.6 Å². The van der Waals surface area contributed by atoms with Crippen LogP contribution in [-0.4, -0.2) is 56.3 Å². The zero-order chi connectivity index (χ0) is 18.9. The van der Waals surface area contributed by atoms with Crippen LogP contribution in [-0.2, 0) is 14.8 Å². The second-order valence-corrected chi connectivity index (χ2v) is 9.54. The van der Waals surface area contributed by atoms with E-state index in [1.807, 2.05) is 24.8 Å². The first-order valence-corrected chi connectivity index (χ1v) is 10.8. The van der Waals surface area contributed by atoms with Crippen LogP contribution in [0, 0.1) is 25.7 Å². The fourth-order valence-electron chi connectivity index (χ4n) is 3.85. The highest BCUT2D eigenvalue weighted by atomic mass is 32.2. The highest BCUT2D eigenvalue weighted by Gasteiger charge is 2.35. The molecule has 2 N–H and O–H groups in total. The summed E-state index contributed by atoms with van der Waals surface area (Å²) >= 11 is 0. The molecular weight excluding hydrogens is 350 g/mol. The minimum atomic E-state index is -3.49. The Morgan fingerprint density at radius 2 is 1.81 bits per heavy atom. The van der Waals surface area contributed by atoms with Crippen molar-refractivity contribution >= 4 is 15.9 Å². The van der Waals surface area contributed by atoms with Gasteiger partial charge in [-0.25, -0.2) is 8.42 Å². The summed E-state index contributed by atoms with van der Waals surface area (Å²) in [4.78, 5) is 14.9. The van der Waals surface area contributed by atoms with Crippen molar-refractivity contribution in [1.82, 2.24) is 9.21 Å². The van der Waals surface area contributed by atoms with Gasteiger partial charge in [0.2, 0.25) is 15.9 Å². The number of hydrogen-bond donors (Lipinski definition) is 1. The molecule has 1 amide bonds. The fourth-order valence-corrected chi connectivity index (χ4v) is 5.41. The second-order valence-electron chi connectivity index (χ2n) is 7.60. The molecule has 144 valence electrons. The Morgan fingerprint density at radius 1 is 1.12 bits per heavy atom. The summed E-state index contributed by atoms with van der Waals surface area (Å²) in [5, 5.41) is 0. The predicted molar refractivity (Wildman–Crippen MR) is 101 cm³/mol. The molecule has 2 aliphatic heterocycles. The SMILES string of the molecule is Cc1ccc(S(=O)(=O)N2CCC(C(=O)N3CCC(CN)C3)CC2)cc1C. The molecule has 0 aliphatic carbocycles. The molecule has 1 unspecified atom stereocenters. The normalized spacial score (nSPS) is 22.7. The smallest absolute Gasteiger partial charge is 0.243 e. The molecule has 2 aliphatic rings. The number of sulfonamides is 1. The van der Waals surface area contributed by atoms with Crippen molar-refractivity contribution in [1.29, 1.82) is 0 Å². The Balaban J connectivity index is 1.62. The van der Waals surface area contributed by atoms with Crippen molar-refractivity contribution in [3.05, 3.63) is 29.3 Å². The Bertz CT molecular complexity index is 770. The largest absolute Gasteiger partial charge is 0.342 e. The minimum Gasteiger partial charge on any atom is -0.342 e. The first-order valence-electron chi connectivity index (χ1n) is 9.39. The third-order valence-electron chi connectivity index (χ3n) is 5.85. The number of carbonyl (C=O) groups excluding carboxylic acids is 1. The Morgan fingerprint density at radius 3 is 2.38 bits per heavy atom. The summed E-state index contributed by atoms with van der Waals surface area (Å²) in [5.41, 5.74) is 7.75. The number of carbonyl (C=O) groups is 1. The van der Waals surface area contributed by atoms with Crippen molar-refractivity contribution in [2.45, 2.75) is 38.0 Å². The predicted octanol–water partition coefficient (Wildman–Crippen LogP) is 1.51. The number of amides is 1. The van der Waals surface area contributed by atoms with E-state index >= 15 is 0 Å². The molecule has 1 atom stereocenters. The quantitative estimate of drug-likeness (QED) is 0.859. The van der Waals surface area contributed by atoms with Gasteiger partial charge in [0, 0.05) is 32.1 Å². The maximum Gasteiger partial charge on any atom is 0.243 e. The third-order valence-corrected chi connectivity index (χ3v) is 7.74. The molecule has 3 rings (SSSR count). The van der Waals surface area contributed by atoms with E-state index in [0.29, 0.717) is 43.3 Å². The topological polar surface area (TPSA) is 83.7 Å². The van der Waals surface area contributed by atoms with Gasteiger partial charge in [-0.05, 0) is 68.8 Å². The lowest BCUT2D eigenvalue weighted by molar-refractivity contribution is -0.135. The zero-order valence-electron chi connectivity index (χ0n) is 15.6.